The quantitative estimate of drug-likeness (QED) is 0.872. The van der Waals surface area contributed by atoms with Gasteiger partial charge < -0.3 is 10.4 Å². The van der Waals surface area contributed by atoms with Gasteiger partial charge in [-0.2, -0.15) is 0 Å². The Hall–Kier alpha value is -1.38. The summed E-state index contributed by atoms with van der Waals surface area (Å²) in [7, 11) is 0. The normalized spacial score (nSPS) is 23.5. The average molecular weight is 283 g/mol. The zero-order chi connectivity index (χ0) is 14.7. The predicted octanol–water partition coefficient (Wildman–Crippen LogP) is 3.90. The van der Waals surface area contributed by atoms with E-state index in [2.05, 4.69) is 54.7 Å². The summed E-state index contributed by atoms with van der Waals surface area (Å²) in [6, 6.07) is 15.5. The standard InChI is InChI=1S/C19H25NO/c1-14(20-12-16-8-4-9-17(16)13-21)18-11-5-7-15-6-2-3-10-19(15)18/h2-3,5-7,10-11,14,16-17,20-21H,4,8-9,12-13H2,1H3. The van der Waals surface area contributed by atoms with Crippen LogP contribution in [0.4, 0.5) is 0 Å². The first-order valence-electron chi connectivity index (χ1n) is 8.11. The fourth-order valence-corrected chi connectivity index (χ4v) is 3.69. The first kappa shape index (κ1) is 14.6. The van der Waals surface area contributed by atoms with Crippen molar-refractivity contribution in [3.8, 4) is 0 Å². The molecular formula is C19H25NO. The van der Waals surface area contributed by atoms with Gasteiger partial charge in [0.1, 0.15) is 0 Å². The summed E-state index contributed by atoms with van der Waals surface area (Å²) in [5.74, 6) is 1.13. The van der Waals surface area contributed by atoms with Crippen LogP contribution in [0.25, 0.3) is 10.8 Å². The maximum Gasteiger partial charge on any atom is 0.0462 e. The van der Waals surface area contributed by atoms with Gasteiger partial charge in [0.15, 0.2) is 0 Å². The molecule has 0 heterocycles. The van der Waals surface area contributed by atoms with Crippen LogP contribution < -0.4 is 5.32 Å². The molecule has 0 bridgehead atoms. The van der Waals surface area contributed by atoms with Crippen molar-refractivity contribution in [2.45, 2.75) is 32.2 Å². The first-order chi connectivity index (χ1) is 10.3. The SMILES string of the molecule is CC(NCC1CCCC1CO)c1cccc2ccccc12. The number of hydrogen-bond acceptors (Lipinski definition) is 2. The third-order valence-corrected chi connectivity index (χ3v) is 5.03. The number of rotatable bonds is 5. The third kappa shape index (κ3) is 3.12. The highest BCUT2D eigenvalue weighted by atomic mass is 16.3. The summed E-state index contributed by atoms with van der Waals surface area (Å²) < 4.78 is 0. The minimum Gasteiger partial charge on any atom is -0.396 e. The second kappa shape index (κ2) is 6.59. The molecule has 112 valence electrons. The Morgan fingerprint density at radius 3 is 2.71 bits per heavy atom. The van der Waals surface area contributed by atoms with Crippen molar-refractivity contribution in [1.29, 1.82) is 0 Å². The smallest absolute Gasteiger partial charge is 0.0462 e. The molecule has 2 nitrogen and oxygen atoms in total. The van der Waals surface area contributed by atoms with Crippen molar-refractivity contribution < 1.29 is 5.11 Å². The molecule has 0 spiro atoms. The van der Waals surface area contributed by atoms with Crippen LogP contribution in [0.1, 0.15) is 37.8 Å². The first-order valence-corrected chi connectivity index (χ1v) is 8.11. The van der Waals surface area contributed by atoms with Gasteiger partial charge in [0, 0.05) is 12.6 Å². The second-order valence-electron chi connectivity index (χ2n) is 6.33. The molecule has 0 radical (unpaired) electrons. The van der Waals surface area contributed by atoms with Crippen LogP contribution in [-0.2, 0) is 0 Å². The van der Waals surface area contributed by atoms with Crippen molar-refractivity contribution in [2.24, 2.45) is 11.8 Å². The number of fused-ring (bicyclic) bond motifs is 1. The van der Waals surface area contributed by atoms with Crippen molar-refractivity contribution in [2.75, 3.05) is 13.2 Å². The van der Waals surface area contributed by atoms with Gasteiger partial charge >= 0.3 is 0 Å². The van der Waals surface area contributed by atoms with Crippen LogP contribution in [0.5, 0.6) is 0 Å². The number of nitrogens with one attached hydrogen (secondary N) is 1. The summed E-state index contributed by atoms with van der Waals surface area (Å²) in [5.41, 5.74) is 1.37. The Morgan fingerprint density at radius 1 is 1.10 bits per heavy atom. The largest absolute Gasteiger partial charge is 0.396 e. The second-order valence-corrected chi connectivity index (χ2v) is 6.33. The molecule has 0 saturated heterocycles. The zero-order valence-electron chi connectivity index (χ0n) is 12.8. The van der Waals surface area contributed by atoms with E-state index in [4.69, 9.17) is 0 Å². The lowest BCUT2D eigenvalue weighted by atomic mass is 9.95. The minimum absolute atomic E-state index is 0.342. The van der Waals surface area contributed by atoms with Crippen LogP contribution in [0.15, 0.2) is 42.5 Å². The average Bonchev–Trinajstić information content (AvgIpc) is 2.99. The maximum atomic E-state index is 9.43. The molecule has 3 rings (SSSR count). The lowest BCUT2D eigenvalue weighted by Gasteiger charge is -2.22. The van der Waals surface area contributed by atoms with E-state index in [0.29, 0.717) is 24.5 Å². The summed E-state index contributed by atoms with van der Waals surface area (Å²) >= 11 is 0. The van der Waals surface area contributed by atoms with Crippen LogP contribution in [-0.4, -0.2) is 18.3 Å². The van der Waals surface area contributed by atoms with Gasteiger partial charge in [-0.05, 0) is 54.5 Å². The van der Waals surface area contributed by atoms with Gasteiger partial charge in [0.05, 0.1) is 0 Å². The summed E-state index contributed by atoms with van der Waals surface area (Å²) in [6.45, 7) is 3.59. The van der Waals surface area contributed by atoms with E-state index in [0.717, 1.165) is 6.54 Å². The molecule has 3 atom stereocenters. The van der Waals surface area contributed by atoms with Crippen molar-refractivity contribution in [3.63, 3.8) is 0 Å². The highest BCUT2D eigenvalue weighted by Gasteiger charge is 2.26. The molecule has 0 aliphatic heterocycles. The summed E-state index contributed by atoms with van der Waals surface area (Å²) in [4.78, 5) is 0. The van der Waals surface area contributed by atoms with E-state index in [1.807, 2.05) is 0 Å². The summed E-state index contributed by atoms with van der Waals surface area (Å²) in [6.07, 6.45) is 3.70. The van der Waals surface area contributed by atoms with Crippen LogP contribution in [0, 0.1) is 11.8 Å². The Morgan fingerprint density at radius 2 is 1.86 bits per heavy atom. The van der Waals surface area contributed by atoms with E-state index in [9.17, 15) is 5.11 Å². The van der Waals surface area contributed by atoms with Crippen LogP contribution in [0.2, 0.25) is 0 Å². The number of aliphatic hydroxyl groups excluding tert-OH is 1. The maximum absolute atomic E-state index is 9.43. The topological polar surface area (TPSA) is 32.3 Å². The minimum atomic E-state index is 0.342. The van der Waals surface area contributed by atoms with Gasteiger partial charge in [-0.3, -0.25) is 0 Å². The zero-order valence-corrected chi connectivity index (χ0v) is 12.8. The van der Waals surface area contributed by atoms with Crippen LogP contribution in [0.3, 0.4) is 0 Å². The van der Waals surface area contributed by atoms with Gasteiger partial charge in [0.25, 0.3) is 0 Å². The molecule has 2 heteroatoms. The van der Waals surface area contributed by atoms with Crippen LogP contribution >= 0.6 is 0 Å². The highest BCUT2D eigenvalue weighted by Crippen LogP contribution is 2.31. The summed E-state index contributed by atoms with van der Waals surface area (Å²) in [5, 5.41) is 15.8. The lowest BCUT2D eigenvalue weighted by molar-refractivity contribution is 0.190. The molecule has 0 aromatic heterocycles. The van der Waals surface area contributed by atoms with Gasteiger partial charge in [-0.15, -0.1) is 0 Å². The molecule has 1 saturated carbocycles. The Bertz CT molecular complexity index is 590. The molecule has 1 aliphatic rings. The van der Waals surface area contributed by atoms with Crippen molar-refractivity contribution in [3.05, 3.63) is 48.0 Å². The lowest BCUT2D eigenvalue weighted by Crippen LogP contribution is -2.29. The van der Waals surface area contributed by atoms with E-state index in [-0.39, 0.29) is 0 Å². The molecular weight excluding hydrogens is 258 g/mol. The van der Waals surface area contributed by atoms with E-state index in [1.54, 1.807) is 0 Å². The number of hydrogen-bond donors (Lipinski definition) is 2. The molecule has 2 aromatic carbocycles. The Labute approximate surface area is 127 Å². The number of aliphatic hydroxyl groups is 1. The fraction of sp³-hybridized carbons (Fsp3) is 0.474. The molecule has 2 N–H and O–H groups in total. The highest BCUT2D eigenvalue weighted by molar-refractivity contribution is 5.86. The molecule has 1 fully saturated rings. The van der Waals surface area contributed by atoms with E-state index >= 15 is 0 Å². The van der Waals surface area contributed by atoms with Gasteiger partial charge in [-0.1, -0.05) is 48.9 Å². The Balaban J connectivity index is 1.71. The monoisotopic (exact) mass is 283 g/mol. The van der Waals surface area contributed by atoms with Crippen molar-refractivity contribution in [1.82, 2.24) is 5.32 Å². The molecule has 2 aromatic rings. The fourth-order valence-electron chi connectivity index (χ4n) is 3.69. The third-order valence-electron chi connectivity index (χ3n) is 5.03. The number of benzene rings is 2. The molecule has 3 unspecified atom stereocenters. The van der Waals surface area contributed by atoms with Gasteiger partial charge in [-0.25, -0.2) is 0 Å². The van der Waals surface area contributed by atoms with Gasteiger partial charge in [0.2, 0.25) is 0 Å². The molecule has 0 amide bonds. The Kier molecular flexibility index (Phi) is 4.57. The van der Waals surface area contributed by atoms with E-state index < -0.39 is 0 Å². The van der Waals surface area contributed by atoms with Crippen molar-refractivity contribution >= 4 is 10.8 Å². The predicted molar refractivity (Wildman–Crippen MR) is 88.3 cm³/mol. The molecule has 1 aliphatic carbocycles. The van der Waals surface area contributed by atoms with E-state index in [1.165, 1.54) is 35.6 Å². The molecule has 21 heavy (non-hydrogen) atoms.